The summed E-state index contributed by atoms with van der Waals surface area (Å²) in [5.74, 6) is 0. The molecule has 0 aliphatic carbocycles. The van der Waals surface area contributed by atoms with Crippen LogP contribution in [0.15, 0.2) is 30.3 Å². The number of aliphatic hydroxyl groups excluding tert-OH is 1. The fraction of sp³-hybridized carbons (Fsp3) is 0.400. The van der Waals surface area contributed by atoms with E-state index >= 15 is 0 Å². The molecule has 0 amide bonds. The van der Waals surface area contributed by atoms with Gasteiger partial charge in [0.1, 0.15) is 6.04 Å². The Balaban J connectivity index is 2.61. The zero-order chi connectivity index (χ0) is 11.5. The van der Waals surface area contributed by atoms with Crippen molar-refractivity contribution in [2.75, 3.05) is 0 Å². The lowest BCUT2D eigenvalue weighted by molar-refractivity contribution is -0.153. The lowest BCUT2D eigenvalue weighted by Gasteiger charge is -2.19. The molecule has 0 aromatic heterocycles. The summed E-state index contributed by atoms with van der Waals surface area (Å²) in [6.07, 6.45) is -6.16. The van der Waals surface area contributed by atoms with Gasteiger partial charge in [-0.3, -0.25) is 0 Å². The predicted molar refractivity (Wildman–Crippen MR) is 50.0 cm³/mol. The number of alkyl halides is 3. The van der Waals surface area contributed by atoms with E-state index in [4.69, 9.17) is 5.73 Å². The molecule has 0 spiro atoms. The van der Waals surface area contributed by atoms with Gasteiger partial charge in [0.2, 0.25) is 0 Å². The Hall–Kier alpha value is -1.07. The van der Waals surface area contributed by atoms with Gasteiger partial charge in [0.05, 0.1) is 6.10 Å². The van der Waals surface area contributed by atoms with Crippen LogP contribution in [-0.2, 0) is 0 Å². The van der Waals surface area contributed by atoms with E-state index < -0.39 is 24.7 Å². The minimum atomic E-state index is -4.46. The minimum Gasteiger partial charge on any atom is -0.388 e. The van der Waals surface area contributed by atoms with E-state index in [1.165, 1.54) is 0 Å². The number of nitrogens with two attached hydrogens (primary N) is 1. The lowest BCUT2D eigenvalue weighted by atomic mass is 10.0. The molecule has 0 aliphatic heterocycles. The van der Waals surface area contributed by atoms with Crippen LogP contribution in [0.4, 0.5) is 13.2 Å². The Bertz CT molecular complexity index is 299. The molecule has 1 aromatic carbocycles. The molecule has 84 valence electrons. The van der Waals surface area contributed by atoms with E-state index in [9.17, 15) is 18.3 Å². The number of benzene rings is 1. The summed E-state index contributed by atoms with van der Waals surface area (Å²) >= 11 is 0. The maximum Gasteiger partial charge on any atom is 0.403 e. The fourth-order valence-corrected chi connectivity index (χ4v) is 1.19. The van der Waals surface area contributed by atoms with Crippen molar-refractivity contribution in [2.45, 2.75) is 24.7 Å². The predicted octanol–water partition coefficient (Wildman–Crippen LogP) is 2.00. The molecule has 0 aliphatic rings. The molecule has 5 heteroatoms. The van der Waals surface area contributed by atoms with Gasteiger partial charge in [0.15, 0.2) is 0 Å². The molecule has 0 bridgehead atoms. The average molecular weight is 219 g/mol. The third-order valence-corrected chi connectivity index (χ3v) is 2.08. The van der Waals surface area contributed by atoms with E-state index in [0.717, 1.165) is 0 Å². The van der Waals surface area contributed by atoms with Crippen molar-refractivity contribution in [3.63, 3.8) is 0 Å². The van der Waals surface area contributed by atoms with Crippen LogP contribution in [0.5, 0.6) is 0 Å². The highest BCUT2D eigenvalue weighted by Crippen LogP contribution is 2.26. The Kier molecular flexibility index (Phi) is 3.71. The molecule has 0 fully saturated rings. The zero-order valence-electron chi connectivity index (χ0n) is 7.91. The molecule has 0 radical (unpaired) electrons. The Labute approximate surface area is 85.5 Å². The van der Waals surface area contributed by atoms with E-state index in [-0.39, 0.29) is 0 Å². The van der Waals surface area contributed by atoms with Gasteiger partial charge in [0, 0.05) is 6.42 Å². The Morgan fingerprint density at radius 2 is 1.73 bits per heavy atom. The van der Waals surface area contributed by atoms with Crippen molar-refractivity contribution >= 4 is 0 Å². The maximum absolute atomic E-state index is 12.1. The highest BCUT2D eigenvalue weighted by molar-refractivity contribution is 5.17. The van der Waals surface area contributed by atoms with Crippen molar-refractivity contribution in [1.29, 1.82) is 0 Å². The van der Waals surface area contributed by atoms with Crippen molar-refractivity contribution in [3.8, 4) is 0 Å². The normalized spacial score (nSPS) is 16.1. The van der Waals surface area contributed by atoms with E-state index in [1.807, 2.05) is 0 Å². The number of aliphatic hydroxyl groups is 1. The third kappa shape index (κ3) is 3.53. The number of halogens is 3. The first-order chi connectivity index (χ1) is 6.91. The molecule has 3 N–H and O–H groups in total. The van der Waals surface area contributed by atoms with E-state index in [2.05, 4.69) is 0 Å². The molecule has 1 aromatic rings. The number of hydrogen-bond acceptors (Lipinski definition) is 2. The van der Waals surface area contributed by atoms with E-state index in [0.29, 0.717) is 5.56 Å². The van der Waals surface area contributed by atoms with Gasteiger partial charge in [-0.25, -0.2) is 0 Å². The molecule has 2 atom stereocenters. The van der Waals surface area contributed by atoms with Gasteiger partial charge in [-0.2, -0.15) is 13.2 Å². The molecule has 0 unspecified atom stereocenters. The summed E-state index contributed by atoms with van der Waals surface area (Å²) in [4.78, 5) is 0. The quantitative estimate of drug-likeness (QED) is 0.816. The van der Waals surface area contributed by atoms with Crippen molar-refractivity contribution in [3.05, 3.63) is 35.9 Å². The Morgan fingerprint density at radius 3 is 2.20 bits per heavy atom. The van der Waals surface area contributed by atoms with E-state index in [1.54, 1.807) is 30.3 Å². The smallest absolute Gasteiger partial charge is 0.388 e. The summed E-state index contributed by atoms with van der Waals surface area (Å²) in [5.41, 5.74) is 5.35. The molecule has 0 saturated carbocycles. The fourth-order valence-electron chi connectivity index (χ4n) is 1.19. The average Bonchev–Trinajstić information content (AvgIpc) is 2.17. The molecule has 2 nitrogen and oxygen atoms in total. The standard InChI is InChI=1S/C10H12F3NO/c11-10(12,13)9(14)6-8(15)7-4-2-1-3-5-7/h1-5,8-9,15H,6,14H2/t8-,9+/m0/s1. The highest BCUT2D eigenvalue weighted by atomic mass is 19.4. The first-order valence-electron chi connectivity index (χ1n) is 4.46. The first kappa shape index (κ1) is 12.0. The van der Waals surface area contributed by atoms with Gasteiger partial charge in [0.25, 0.3) is 0 Å². The largest absolute Gasteiger partial charge is 0.403 e. The maximum atomic E-state index is 12.1. The summed E-state index contributed by atoms with van der Waals surface area (Å²) < 4.78 is 36.3. The second-order valence-corrected chi connectivity index (χ2v) is 3.31. The topological polar surface area (TPSA) is 46.2 Å². The van der Waals surface area contributed by atoms with Gasteiger partial charge < -0.3 is 10.8 Å². The van der Waals surface area contributed by atoms with Gasteiger partial charge in [-0.1, -0.05) is 30.3 Å². The van der Waals surface area contributed by atoms with Gasteiger partial charge in [-0.15, -0.1) is 0 Å². The summed E-state index contributed by atoms with van der Waals surface area (Å²) in [6.45, 7) is 0. The molecular weight excluding hydrogens is 207 g/mol. The van der Waals surface area contributed by atoms with Crippen LogP contribution in [0, 0.1) is 0 Å². The second kappa shape index (κ2) is 4.63. The number of rotatable bonds is 3. The van der Waals surface area contributed by atoms with Crippen LogP contribution < -0.4 is 5.73 Å². The summed E-state index contributed by atoms with van der Waals surface area (Å²) in [7, 11) is 0. The third-order valence-electron chi connectivity index (χ3n) is 2.08. The summed E-state index contributed by atoms with van der Waals surface area (Å²) in [6, 6.07) is 6.16. The van der Waals surface area contributed by atoms with Crippen LogP contribution in [-0.4, -0.2) is 17.3 Å². The minimum absolute atomic E-state index is 0.442. The Morgan fingerprint density at radius 1 is 1.20 bits per heavy atom. The lowest BCUT2D eigenvalue weighted by Crippen LogP contribution is -2.38. The molecule has 0 saturated heterocycles. The second-order valence-electron chi connectivity index (χ2n) is 3.31. The first-order valence-corrected chi connectivity index (χ1v) is 4.46. The highest BCUT2D eigenvalue weighted by Gasteiger charge is 2.37. The van der Waals surface area contributed by atoms with Crippen LogP contribution in [0.3, 0.4) is 0 Å². The van der Waals surface area contributed by atoms with Crippen LogP contribution in [0.25, 0.3) is 0 Å². The van der Waals surface area contributed by atoms with Crippen LogP contribution in [0.1, 0.15) is 18.1 Å². The zero-order valence-corrected chi connectivity index (χ0v) is 7.91. The van der Waals surface area contributed by atoms with Crippen molar-refractivity contribution in [2.24, 2.45) is 5.73 Å². The molecule has 1 rings (SSSR count). The van der Waals surface area contributed by atoms with Crippen molar-refractivity contribution < 1.29 is 18.3 Å². The van der Waals surface area contributed by atoms with Gasteiger partial charge in [-0.05, 0) is 5.56 Å². The SMILES string of the molecule is N[C@H](C[C@H](O)c1ccccc1)C(F)(F)F. The number of hydrogen-bond donors (Lipinski definition) is 2. The molecule has 15 heavy (non-hydrogen) atoms. The molecular formula is C10H12F3NO. The van der Waals surface area contributed by atoms with Crippen molar-refractivity contribution in [1.82, 2.24) is 0 Å². The van der Waals surface area contributed by atoms with Crippen LogP contribution in [0.2, 0.25) is 0 Å². The summed E-state index contributed by atoms with van der Waals surface area (Å²) in [5, 5.41) is 9.47. The molecule has 0 heterocycles. The monoisotopic (exact) mass is 219 g/mol. The van der Waals surface area contributed by atoms with Gasteiger partial charge >= 0.3 is 6.18 Å². The van der Waals surface area contributed by atoms with Crippen LogP contribution >= 0.6 is 0 Å².